The number of fused-ring (bicyclic) bond motifs is 2. The molecule has 0 fully saturated rings. The topological polar surface area (TPSA) is 152 Å². The van der Waals surface area contributed by atoms with Gasteiger partial charge in [0, 0.05) is 37.3 Å². The van der Waals surface area contributed by atoms with Crippen LogP contribution in [-0.2, 0) is 14.3 Å². The first-order chi connectivity index (χ1) is 19.6. The highest BCUT2D eigenvalue weighted by atomic mass is 16.7. The number of hydrogen-bond acceptors (Lipinski definition) is 9. The van der Waals surface area contributed by atoms with E-state index >= 15 is 0 Å². The first-order valence-electron chi connectivity index (χ1n) is 14.0. The molecule has 1 unspecified atom stereocenters. The Hall–Kier alpha value is -4.05. The summed E-state index contributed by atoms with van der Waals surface area (Å²) in [6.45, 7) is 3.33. The number of aromatic hydroxyl groups is 2. The van der Waals surface area contributed by atoms with Gasteiger partial charge in [-0.15, -0.1) is 0 Å². The second-order valence-electron chi connectivity index (χ2n) is 10.6. The standard InChI is InChI=1S/C31H37NO9/c1-18(33)16-32-27(36)15-23(20-11-12-25-26(14-20)40-17-39-25)29-24(35)13-21-8-4-3-5-9-22(34)10-6-7-19(2)41-31(38)28(21)30(29)37/h4,8,11-14,18-19,23,33,35,37H,3,5-7,9-10,15-17H2,1-2H3,(H,32,36)/t18-,19+,23?/m1/s1. The molecule has 2 heterocycles. The van der Waals surface area contributed by atoms with Crippen LogP contribution in [0.5, 0.6) is 23.0 Å². The Morgan fingerprint density at radius 3 is 2.63 bits per heavy atom. The molecule has 2 aromatic carbocycles. The molecule has 2 aromatic rings. The van der Waals surface area contributed by atoms with E-state index < -0.39 is 35.8 Å². The van der Waals surface area contributed by atoms with Crippen molar-refractivity contribution >= 4 is 23.7 Å². The number of phenolic OH excluding ortho intramolecular Hbond substituents is 2. The zero-order valence-electron chi connectivity index (χ0n) is 23.4. The number of carbonyl (C=O) groups excluding carboxylic acids is 3. The number of ketones is 1. The van der Waals surface area contributed by atoms with Crippen LogP contribution in [0.3, 0.4) is 0 Å². The normalized spacial score (nSPS) is 19.0. The van der Waals surface area contributed by atoms with Gasteiger partial charge in [0.25, 0.3) is 0 Å². The van der Waals surface area contributed by atoms with Crippen molar-refractivity contribution in [2.24, 2.45) is 0 Å². The second-order valence-corrected chi connectivity index (χ2v) is 10.6. The summed E-state index contributed by atoms with van der Waals surface area (Å²) in [5.41, 5.74) is 0.658. The Balaban J connectivity index is 1.79. The van der Waals surface area contributed by atoms with E-state index in [0.29, 0.717) is 55.6 Å². The number of benzene rings is 2. The number of cyclic esters (lactones) is 1. The lowest BCUT2D eigenvalue weighted by atomic mass is 9.84. The van der Waals surface area contributed by atoms with E-state index in [1.165, 1.54) is 6.07 Å². The number of allylic oxidation sites excluding steroid dienone is 1. The highest BCUT2D eigenvalue weighted by Gasteiger charge is 2.31. The largest absolute Gasteiger partial charge is 0.507 e. The van der Waals surface area contributed by atoms with Crippen LogP contribution in [0.15, 0.2) is 30.3 Å². The molecule has 10 heteroatoms. The summed E-state index contributed by atoms with van der Waals surface area (Å²) in [6.07, 6.45) is 5.07. The summed E-state index contributed by atoms with van der Waals surface area (Å²) < 4.78 is 16.6. The number of Topliss-reactive ketones (excluding diaryl/α,β-unsaturated/α-hetero) is 1. The summed E-state index contributed by atoms with van der Waals surface area (Å²) in [7, 11) is 0. The zero-order chi connectivity index (χ0) is 29.5. The fourth-order valence-corrected chi connectivity index (χ4v) is 5.05. The lowest BCUT2D eigenvalue weighted by Crippen LogP contribution is -2.31. The molecule has 0 aliphatic carbocycles. The van der Waals surface area contributed by atoms with Crippen molar-refractivity contribution in [1.29, 1.82) is 0 Å². The van der Waals surface area contributed by atoms with Gasteiger partial charge in [0.15, 0.2) is 11.5 Å². The third-order valence-electron chi connectivity index (χ3n) is 7.18. The molecule has 3 atom stereocenters. The Bertz CT molecular complexity index is 1320. The smallest absolute Gasteiger partial charge is 0.342 e. The third kappa shape index (κ3) is 7.58. The number of aliphatic hydroxyl groups is 1. The number of aliphatic hydroxyl groups excluding tert-OH is 1. The number of hydrogen-bond donors (Lipinski definition) is 4. The van der Waals surface area contributed by atoms with Gasteiger partial charge < -0.3 is 34.8 Å². The van der Waals surface area contributed by atoms with Crippen molar-refractivity contribution in [3.63, 3.8) is 0 Å². The van der Waals surface area contributed by atoms with E-state index in [9.17, 15) is 29.7 Å². The monoisotopic (exact) mass is 567 g/mol. The van der Waals surface area contributed by atoms with Crippen LogP contribution in [0, 0.1) is 0 Å². The quantitative estimate of drug-likeness (QED) is 0.374. The van der Waals surface area contributed by atoms with Crippen LogP contribution < -0.4 is 14.8 Å². The highest BCUT2D eigenvalue weighted by Crippen LogP contribution is 2.46. The first kappa shape index (κ1) is 29.9. The molecule has 0 bridgehead atoms. The van der Waals surface area contributed by atoms with Crippen molar-refractivity contribution in [2.75, 3.05) is 13.3 Å². The molecule has 220 valence electrons. The van der Waals surface area contributed by atoms with Gasteiger partial charge in [0.05, 0.1) is 12.2 Å². The maximum absolute atomic E-state index is 13.4. The van der Waals surface area contributed by atoms with Crippen LogP contribution in [0.2, 0.25) is 0 Å². The van der Waals surface area contributed by atoms with E-state index in [2.05, 4.69) is 5.32 Å². The van der Waals surface area contributed by atoms with E-state index in [1.807, 2.05) is 0 Å². The van der Waals surface area contributed by atoms with Crippen molar-refractivity contribution < 1.29 is 43.9 Å². The minimum atomic E-state index is -0.892. The van der Waals surface area contributed by atoms with E-state index in [1.54, 1.807) is 44.2 Å². The van der Waals surface area contributed by atoms with Gasteiger partial charge in [-0.1, -0.05) is 18.2 Å². The van der Waals surface area contributed by atoms with E-state index in [4.69, 9.17) is 14.2 Å². The molecule has 0 spiro atoms. The van der Waals surface area contributed by atoms with Crippen molar-refractivity contribution in [3.05, 3.63) is 52.6 Å². The number of nitrogens with one attached hydrogen (secondary N) is 1. The molecule has 1 amide bonds. The van der Waals surface area contributed by atoms with Crippen molar-refractivity contribution in [3.8, 4) is 23.0 Å². The minimum absolute atomic E-state index is 0.0143. The average Bonchev–Trinajstić information content (AvgIpc) is 3.38. The lowest BCUT2D eigenvalue weighted by Gasteiger charge is -2.23. The summed E-state index contributed by atoms with van der Waals surface area (Å²) in [4.78, 5) is 38.5. The predicted molar refractivity (Wildman–Crippen MR) is 150 cm³/mol. The zero-order valence-corrected chi connectivity index (χ0v) is 23.4. The minimum Gasteiger partial charge on any atom is -0.507 e. The summed E-state index contributed by atoms with van der Waals surface area (Å²) in [5.74, 6) is -1.76. The van der Waals surface area contributed by atoms with Gasteiger partial charge in [-0.25, -0.2) is 4.79 Å². The number of rotatable bonds is 6. The average molecular weight is 568 g/mol. The summed E-state index contributed by atoms with van der Waals surface area (Å²) in [6, 6.07) is 6.42. The predicted octanol–water partition coefficient (Wildman–Crippen LogP) is 4.33. The van der Waals surface area contributed by atoms with Gasteiger partial charge in [-0.2, -0.15) is 0 Å². The third-order valence-corrected chi connectivity index (χ3v) is 7.18. The molecule has 0 radical (unpaired) electrons. The maximum Gasteiger partial charge on any atom is 0.342 e. The van der Waals surface area contributed by atoms with Crippen LogP contribution in [0.25, 0.3) is 6.08 Å². The van der Waals surface area contributed by atoms with Gasteiger partial charge >= 0.3 is 5.97 Å². The summed E-state index contributed by atoms with van der Waals surface area (Å²) >= 11 is 0. The van der Waals surface area contributed by atoms with Crippen molar-refractivity contribution in [1.82, 2.24) is 5.32 Å². The summed E-state index contributed by atoms with van der Waals surface area (Å²) in [5, 5.41) is 35.1. The molecular weight excluding hydrogens is 530 g/mol. The Morgan fingerprint density at radius 1 is 1.10 bits per heavy atom. The van der Waals surface area contributed by atoms with Gasteiger partial charge in [-0.3, -0.25) is 9.59 Å². The number of ether oxygens (including phenoxy) is 3. The van der Waals surface area contributed by atoms with Crippen LogP contribution in [0.4, 0.5) is 0 Å². The molecule has 0 saturated heterocycles. The number of amides is 1. The molecular formula is C31H37NO9. The van der Waals surface area contributed by atoms with Gasteiger partial charge in [-0.05, 0) is 68.9 Å². The van der Waals surface area contributed by atoms with Gasteiger partial charge in [0.1, 0.15) is 22.8 Å². The molecule has 2 aliphatic heterocycles. The molecule has 0 aromatic heterocycles. The SMILES string of the molecule is C[C@@H](O)CNC(=O)CC(c1ccc2c(c1)OCO2)c1c(O)cc2c(c1O)C(=O)O[C@@H](C)CCCC(=O)CCCC=C2. The van der Waals surface area contributed by atoms with Crippen LogP contribution in [0.1, 0.15) is 91.8 Å². The fraction of sp³-hybridized carbons (Fsp3) is 0.452. The Morgan fingerprint density at radius 2 is 1.85 bits per heavy atom. The maximum atomic E-state index is 13.4. The van der Waals surface area contributed by atoms with Crippen LogP contribution in [-0.4, -0.2) is 58.5 Å². The second kappa shape index (κ2) is 13.5. The van der Waals surface area contributed by atoms with Crippen molar-refractivity contribution in [2.45, 2.75) is 76.9 Å². The lowest BCUT2D eigenvalue weighted by molar-refractivity contribution is -0.122. The number of phenols is 2. The fourth-order valence-electron chi connectivity index (χ4n) is 5.05. The molecule has 4 N–H and O–H groups in total. The number of esters is 1. The molecule has 0 saturated carbocycles. The molecule has 10 nitrogen and oxygen atoms in total. The number of carbonyl (C=O) groups is 3. The highest BCUT2D eigenvalue weighted by molar-refractivity contribution is 5.98. The Labute approximate surface area is 238 Å². The van der Waals surface area contributed by atoms with Gasteiger partial charge in [0.2, 0.25) is 12.7 Å². The first-order valence-corrected chi connectivity index (χ1v) is 14.0. The van der Waals surface area contributed by atoms with E-state index in [-0.39, 0.29) is 48.0 Å². The molecule has 4 rings (SSSR count). The molecule has 41 heavy (non-hydrogen) atoms. The molecule has 2 aliphatic rings. The van der Waals surface area contributed by atoms with E-state index in [0.717, 1.165) is 0 Å². The Kier molecular flexibility index (Phi) is 9.88. The van der Waals surface area contributed by atoms with Crippen LogP contribution >= 0.6 is 0 Å².